The maximum absolute atomic E-state index is 13.5. The Morgan fingerprint density at radius 1 is 1.03 bits per heavy atom. The number of amides is 2. The summed E-state index contributed by atoms with van der Waals surface area (Å²) in [5.41, 5.74) is 1.96. The Kier molecular flexibility index (Phi) is 11.1. The minimum atomic E-state index is -3.56. The summed E-state index contributed by atoms with van der Waals surface area (Å²) in [6.45, 7) is 7.58. The molecule has 0 saturated heterocycles. The monoisotopic (exact) mass is 555 g/mol. The van der Waals surface area contributed by atoms with Crippen LogP contribution in [-0.4, -0.2) is 50.0 Å². The van der Waals surface area contributed by atoms with Crippen molar-refractivity contribution < 1.29 is 18.0 Å². The Morgan fingerprint density at radius 3 is 2.17 bits per heavy atom. The number of para-hydroxylation sites is 1. The molecule has 0 aromatic heterocycles. The Hall–Kier alpha value is -2.29. The van der Waals surface area contributed by atoms with Crippen molar-refractivity contribution in [2.24, 2.45) is 0 Å². The van der Waals surface area contributed by atoms with Crippen molar-refractivity contribution in [3.05, 3.63) is 63.6 Å². The third-order valence-corrected chi connectivity index (χ3v) is 7.63. The number of hydrogen-bond donors (Lipinski definition) is 1. The van der Waals surface area contributed by atoms with E-state index in [2.05, 4.69) is 5.32 Å². The van der Waals surface area contributed by atoms with Gasteiger partial charge in [0.1, 0.15) is 6.04 Å². The van der Waals surface area contributed by atoms with Crippen molar-refractivity contribution in [1.29, 1.82) is 0 Å². The summed E-state index contributed by atoms with van der Waals surface area (Å²) in [6, 6.07) is 11.5. The average molecular weight is 557 g/mol. The molecular formula is C26H35Cl2N3O4S. The predicted molar refractivity (Wildman–Crippen MR) is 147 cm³/mol. The topological polar surface area (TPSA) is 86.8 Å². The molecule has 2 aromatic rings. The zero-order chi connectivity index (χ0) is 27.0. The van der Waals surface area contributed by atoms with Crippen LogP contribution in [0.4, 0.5) is 5.69 Å². The number of halogens is 2. The first-order chi connectivity index (χ1) is 16.9. The number of nitrogens with one attached hydrogen (secondary N) is 1. The fourth-order valence-electron chi connectivity index (χ4n) is 3.98. The molecule has 36 heavy (non-hydrogen) atoms. The Balaban J connectivity index is 2.29. The molecular weight excluding hydrogens is 521 g/mol. The number of aryl methyl sites for hydroxylation is 1. The van der Waals surface area contributed by atoms with E-state index in [0.717, 1.165) is 11.8 Å². The van der Waals surface area contributed by atoms with Crippen LogP contribution in [0.2, 0.25) is 10.0 Å². The molecule has 0 aliphatic rings. The highest BCUT2D eigenvalue weighted by molar-refractivity contribution is 7.92. The smallest absolute Gasteiger partial charge is 0.243 e. The first-order valence-electron chi connectivity index (χ1n) is 11.9. The Morgan fingerprint density at radius 2 is 1.64 bits per heavy atom. The lowest BCUT2D eigenvalue weighted by Crippen LogP contribution is -2.50. The summed E-state index contributed by atoms with van der Waals surface area (Å²) in [7, 11) is -3.56. The molecule has 0 aliphatic carbocycles. The average Bonchev–Trinajstić information content (AvgIpc) is 2.77. The van der Waals surface area contributed by atoms with Crippen LogP contribution >= 0.6 is 23.2 Å². The second-order valence-electron chi connectivity index (χ2n) is 9.03. The standard InChI is InChI=1S/C26H35Cl2N3O4S/c1-6-23(26(33)29-18(2)3)30(17-20-21(27)12-9-13-22(20)28)25(32)15-10-16-31(36(5,34)35)24-14-8-7-11-19(24)4/h7-9,11-14,18,23H,6,10,15-17H2,1-5H3,(H,29,33). The first kappa shape index (κ1) is 29.9. The fourth-order valence-corrected chi connectivity index (χ4v) is 5.52. The molecule has 0 aliphatic heterocycles. The van der Waals surface area contributed by atoms with Crippen molar-refractivity contribution in [2.45, 2.75) is 65.6 Å². The molecule has 10 heteroatoms. The van der Waals surface area contributed by atoms with Crippen molar-refractivity contribution in [3.63, 3.8) is 0 Å². The van der Waals surface area contributed by atoms with Gasteiger partial charge in [0.25, 0.3) is 0 Å². The molecule has 1 atom stereocenters. The second-order valence-corrected chi connectivity index (χ2v) is 11.8. The van der Waals surface area contributed by atoms with Crippen molar-refractivity contribution >= 4 is 50.7 Å². The summed E-state index contributed by atoms with van der Waals surface area (Å²) in [5.74, 6) is -0.545. The van der Waals surface area contributed by atoms with Gasteiger partial charge in [0.15, 0.2) is 0 Å². The summed E-state index contributed by atoms with van der Waals surface area (Å²) in [4.78, 5) is 27.9. The SMILES string of the molecule is CCC(C(=O)NC(C)C)N(Cc1c(Cl)cccc1Cl)C(=O)CCCN(c1ccccc1C)S(C)(=O)=O. The van der Waals surface area contributed by atoms with Gasteiger partial charge in [-0.25, -0.2) is 8.42 Å². The lowest BCUT2D eigenvalue weighted by molar-refractivity contribution is -0.141. The summed E-state index contributed by atoms with van der Waals surface area (Å²) >= 11 is 12.7. The van der Waals surface area contributed by atoms with Gasteiger partial charge in [-0.15, -0.1) is 0 Å². The van der Waals surface area contributed by atoms with Gasteiger partial charge in [-0.1, -0.05) is 54.4 Å². The fraction of sp³-hybridized carbons (Fsp3) is 0.462. The van der Waals surface area contributed by atoms with Gasteiger partial charge in [-0.3, -0.25) is 13.9 Å². The normalized spacial score (nSPS) is 12.3. The van der Waals surface area contributed by atoms with E-state index in [1.807, 2.05) is 39.8 Å². The number of carbonyl (C=O) groups excluding carboxylic acids is 2. The first-order valence-corrected chi connectivity index (χ1v) is 14.5. The Labute approximate surface area is 224 Å². The van der Waals surface area contributed by atoms with Gasteiger partial charge in [-0.2, -0.15) is 0 Å². The van der Waals surface area contributed by atoms with E-state index < -0.39 is 16.1 Å². The third kappa shape index (κ3) is 8.11. The number of nitrogens with zero attached hydrogens (tertiary/aromatic N) is 2. The lowest BCUT2D eigenvalue weighted by Gasteiger charge is -2.32. The third-order valence-electron chi connectivity index (χ3n) is 5.74. The van der Waals surface area contributed by atoms with E-state index in [0.29, 0.717) is 27.7 Å². The van der Waals surface area contributed by atoms with Crippen LogP contribution in [0.3, 0.4) is 0 Å². The Bertz CT molecular complexity index is 1150. The van der Waals surface area contributed by atoms with E-state index in [-0.39, 0.29) is 43.8 Å². The highest BCUT2D eigenvalue weighted by atomic mass is 35.5. The van der Waals surface area contributed by atoms with Crippen LogP contribution in [0, 0.1) is 6.92 Å². The minimum Gasteiger partial charge on any atom is -0.352 e. The molecule has 0 radical (unpaired) electrons. The molecule has 2 aromatic carbocycles. The van der Waals surface area contributed by atoms with Crippen LogP contribution < -0.4 is 9.62 Å². The number of sulfonamides is 1. The largest absolute Gasteiger partial charge is 0.352 e. The molecule has 0 fully saturated rings. The van der Waals surface area contributed by atoms with Gasteiger partial charge in [0, 0.05) is 41.2 Å². The highest BCUT2D eigenvalue weighted by Gasteiger charge is 2.30. The predicted octanol–water partition coefficient (Wildman–Crippen LogP) is 5.18. The van der Waals surface area contributed by atoms with Gasteiger partial charge >= 0.3 is 0 Å². The molecule has 1 N–H and O–H groups in total. The summed E-state index contributed by atoms with van der Waals surface area (Å²) < 4.78 is 26.3. The molecule has 2 rings (SSSR count). The highest BCUT2D eigenvalue weighted by Crippen LogP contribution is 2.28. The summed E-state index contributed by atoms with van der Waals surface area (Å²) in [6.07, 6.45) is 1.86. The van der Waals surface area contributed by atoms with Gasteiger partial charge in [0.2, 0.25) is 21.8 Å². The second kappa shape index (κ2) is 13.3. The van der Waals surface area contributed by atoms with Gasteiger partial charge < -0.3 is 10.2 Å². The molecule has 2 amide bonds. The van der Waals surface area contributed by atoms with E-state index in [4.69, 9.17) is 23.2 Å². The lowest BCUT2D eigenvalue weighted by atomic mass is 10.1. The van der Waals surface area contributed by atoms with Crippen molar-refractivity contribution in [3.8, 4) is 0 Å². The zero-order valence-electron chi connectivity index (χ0n) is 21.4. The molecule has 0 spiro atoms. The molecule has 7 nitrogen and oxygen atoms in total. The molecule has 0 bridgehead atoms. The molecule has 0 heterocycles. The molecule has 0 saturated carbocycles. The maximum Gasteiger partial charge on any atom is 0.243 e. The maximum atomic E-state index is 13.5. The van der Waals surface area contributed by atoms with Crippen LogP contribution in [0.5, 0.6) is 0 Å². The van der Waals surface area contributed by atoms with Crippen LogP contribution in [0.1, 0.15) is 51.2 Å². The number of benzene rings is 2. The minimum absolute atomic E-state index is 0.0471. The van der Waals surface area contributed by atoms with Crippen molar-refractivity contribution in [2.75, 3.05) is 17.1 Å². The number of carbonyl (C=O) groups is 2. The van der Waals surface area contributed by atoms with Crippen molar-refractivity contribution in [1.82, 2.24) is 10.2 Å². The number of hydrogen-bond acceptors (Lipinski definition) is 4. The van der Waals surface area contributed by atoms with E-state index in [9.17, 15) is 18.0 Å². The summed E-state index contributed by atoms with van der Waals surface area (Å²) in [5, 5.41) is 3.69. The van der Waals surface area contributed by atoms with E-state index in [1.165, 1.54) is 9.21 Å². The molecule has 1 unspecified atom stereocenters. The van der Waals surface area contributed by atoms with Crippen LogP contribution in [0.25, 0.3) is 0 Å². The van der Waals surface area contributed by atoms with E-state index in [1.54, 1.807) is 30.3 Å². The van der Waals surface area contributed by atoms with E-state index >= 15 is 0 Å². The number of rotatable bonds is 12. The van der Waals surface area contributed by atoms with Gasteiger partial charge in [-0.05, 0) is 57.4 Å². The van der Waals surface area contributed by atoms with Crippen LogP contribution in [0.15, 0.2) is 42.5 Å². The quantitative estimate of drug-likeness (QED) is 0.391. The molecule has 198 valence electrons. The zero-order valence-corrected chi connectivity index (χ0v) is 23.8. The van der Waals surface area contributed by atoms with Gasteiger partial charge in [0.05, 0.1) is 11.9 Å². The number of anilines is 1. The van der Waals surface area contributed by atoms with Crippen LogP contribution in [-0.2, 0) is 26.2 Å².